The predicted molar refractivity (Wildman–Crippen MR) is 52.5 cm³/mol. The molecule has 1 fully saturated rings. The van der Waals surface area contributed by atoms with Crippen molar-refractivity contribution in [2.75, 3.05) is 13.2 Å². The molecule has 0 amide bonds. The Morgan fingerprint density at radius 3 is 2.69 bits per heavy atom. The molecule has 1 aromatic rings. The second-order valence-corrected chi connectivity index (χ2v) is 3.44. The molecule has 2 rings (SSSR count). The smallest absolute Gasteiger partial charge is 0.335 e. The Labute approximate surface area is 91.6 Å². The van der Waals surface area contributed by atoms with Crippen LogP contribution < -0.4 is 0 Å². The molecule has 86 valence electrons. The normalized spacial score (nSPS) is 25.3. The minimum absolute atomic E-state index is 0.210. The van der Waals surface area contributed by atoms with E-state index in [4.69, 9.17) is 14.6 Å². The Balaban J connectivity index is 2.30. The Morgan fingerprint density at radius 2 is 2.00 bits per heavy atom. The molecule has 4 nitrogen and oxygen atoms in total. The maximum absolute atomic E-state index is 13.5. The van der Waals surface area contributed by atoms with Crippen LogP contribution in [0.4, 0.5) is 4.39 Å². The highest BCUT2D eigenvalue weighted by Crippen LogP contribution is 2.28. The number of hydrogen-bond acceptors (Lipinski definition) is 3. The predicted octanol–water partition coefficient (Wildman–Crippen LogP) is 1.37. The molecule has 1 aliphatic rings. The second-order valence-electron chi connectivity index (χ2n) is 3.44. The summed E-state index contributed by atoms with van der Waals surface area (Å²) in [7, 11) is 0. The van der Waals surface area contributed by atoms with Crippen LogP contribution in [0.15, 0.2) is 24.3 Å². The van der Waals surface area contributed by atoms with Crippen molar-refractivity contribution < 1.29 is 23.8 Å². The van der Waals surface area contributed by atoms with E-state index in [1.165, 1.54) is 18.2 Å². The minimum Gasteiger partial charge on any atom is -0.479 e. The van der Waals surface area contributed by atoms with E-state index < -0.39 is 24.0 Å². The van der Waals surface area contributed by atoms with Crippen molar-refractivity contribution in [1.82, 2.24) is 0 Å². The third-order valence-corrected chi connectivity index (χ3v) is 2.41. The van der Waals surface area contributed by atoms with Crippen LogP contribution in [-0.2, 0) is 14.3 Å². The van der Waals surface area contributed by atoms with Crippen molar-refractivity contribution in [3.05, 3.63) is 35.6 Å². The highest BCUT2D eigenvalue weighted by molar-refractivity contribution is 5.73. The maximum atomic E-state index is 13.5. The van der Waals surface area contributed by atoms with Gasteiger partial charge in [-0.3, -0.25) is 0 Å². The zero-order valence-electron chi connectivity index (χ0n) is 8.43. The van der Waals surface area contributed by atoms with Gasteiger partial charge in [-0.1, -0.05) is 18.2 Å². The van der Waals surface area contributed by atoms with E-state index in [1.807, 2.05) is 0 Å². The van der Waals surface area contributed by atoms with Crippen LogP contribution in [0, 0.1) is 5.82 Å². The van der Waals surface area contributed by atoms with E-state index in [1.54, 1.807) is 6.07 Å². The number of carboxylic acids is 1. The molecule has 1 heterocycles. The van der Waals surface area contributed by atoms with Crippen molar-refractivity contribution in [3.63, 3.8) is 0 Å². The highest BCUT2D eigenvalue weighted by atomic mass is 19.1. The molecule has 0 unspecified atom stereocenters. The van der Waals surface area contributed by atoms with E-state index in [9.17, 15) is 9.18 Å². The van der Waals surface area contributed by atoms with Crippen LogP contribution in [0.25, 0.3) is 0 Å². The lowest BCUT2D eigenvalue weighted by Crippen LogP contribution is -2.38. The van der Waals surface area contributed by atoms with Crippen LogP contribution in [0.2, 0.25) is 0 Å². The van der Waals surface area contributed by atoms with E-state index in [0.29, 0.717) is 0 Å². The summed E-state index contributed by atoms with van der Waals surface area (Å²) in [5.74, 6) is -1.63. The monoisotopic (exact) mass is 226 g/mol. The lowest BCUT2D eigenvalue weighted by atomic mass is 10.0. The van der Waals surface area contributed by atoms with Gasteiger partial charge in [-0.05, 0) is 6.07 Å². The third kappa shape index (κ3) is 2.05. The van der Waals surface area contributed by atoms with Gasteiger partial charge < -0.3 is 14.6 Å². The molecule has 0 aliphatic carbocycles. The summed E-state index contributed by atoms with van der Waals surface area (Å²) in [5.41, 5.74) is 0.217. The van der Waals surface area contributed by atoms with Gasteiger partial charge in [0.2, 0.25) is 0 Å². The lowest BCUT2D eigenvalue weighted by Gasteiger charge is -2.29. The van der Waals surface area contributed by atoms with Crippen molar-refractivity contribution in [1.29, 1.82) is 0 Å². The number of carboxylic acid groups (broad SMARTS) is 1. The molecule has 1 aromatic carbocycles. The van der Waals surface area contributed by atoms with Crippen LogP contribution in [0.1, 0.15) is 11.7 Å². The molecule has 2 atom stereocenters. The van der Waals surface area contributed by atoms with Crippen molar-refractivity contribution in [2.24, 2.45) is 0 Å². The van der Waals surface area contributed by atoms with Gasteiger partial charge in [0, 0.05) is 5.56 Å². The molecule has 0 spiro atoms. The first-order valence-corrected chi connectivity index (χ1v) is 4.90. The van der Waals surface area contributed by atoms with Gasteiger partial charge in [-0.15, -0.1) is 0 Å². The fourth-order valence-corrected chi connectivity index (χ4v) is 1.68. The van der Waals surface area contributed by atoms with Crippen LogP contribution in [-0.4, -0.2) is 30.4 Å². The molecule has 1 aliphatic heterocycles. The van der Waals surface area contributed by atoms with Crippen LogP contribution in [0.3, 0.4) is 0 Å². The summed E-state index contributed by atoms with van der Waals surface area (Å²) in [6.07, 6.45) is -2.03. The van der Waals surface area contributed by atoms with Crippen molar-refractivity contribution in [3.8, 4) is 0 Å². The Bertz CT molecular complexity index is 393. The molecule has 0 aromatic heterocycles. The summed E-state index contributed by atoms with van der Waals surface area (Å²) in [5, 5.41) is 8.93. The zero-order chi connectivity index (χ0) is 11.5. The number of carbonyl (C=O) groups is 1. The SMILES string of the molecule is O=C(O)[C@@H]1OCCO[C@@H]1c1ccccc1F. The first kappa shape index (κ1) is 11.0. The largest absolute Gasteiger partial charge is 0.479 e. The Kier molecular flexibility index (Phi) is 3.17. The number of ether oxygens (including phenoxy) is 2. The standard InChI is InChI=1S/C11H11FO4/c12-8-4-2-1-3-7(8)9-10(11(13)14)16-6-5-15-9/h1-4,9-10H,5-6H2,(H,13,14)/t9-,10-/m1/s1. The van der Waals surface area contributed by atoms with Gasteiger partial charge in [0.25, 0.3) is 0 Å². The highest BCUT2D eigenvalue weighted by Gasteiger charge is 2.35. The second kappa shape index (κ2) is 4.59. The van der Waals surface area contributed by atoms with E-state index in [2.05, 4.69) is 0 Å². The Morgan fingerprint density at radius 1 is 1.31 bits per heavy atom. The average Bonchev–Trinajstić information content (AvgIpc) is 2.29. The molecular weight excluding hydrogens is 215 g/mol. The Hall–Kier alpha value is -1.46. The molecule has 0 radical (unpaired) electrons. The van der Waals surface area contributed by atoms with Gasteiger partial charge in [-0.25, -0.2) is 9.18 Å². The van der Waals surface area contributed by atoms with E-state index in [-0.39, 0.29) is 18.8 Å². The number of hydrogen-bond donors (Lipinski definition) is 1. The lowest BCUT2D eigenvalue weighted by molar-refractivity contribution is -0.181. The molecule has 0 saturated carbocycles. The van der Waals surface area contributed by atoms with Crippen molar-refractivity contribution in [2.45, 2.75) is 12.2 Å². The summed E-state index contributed by atoms with van der Waals surface area (Å²) in [4.78, 5) is 10.9. The summed E-state index contributed by atoms with van der Waals surface area (Å²) in [6, 6.07) is 5.95. The topological polar surface area (TPSA) is 55.8 Å². The molecular formula is C11H11FO4. The fraction of sp³-hybridized carbons (Fsp3) is 0.364. The molecule has 5 heteroatoms. The van der Waals surface area contributed by atoms with E-state index in [0.717, 1.165) is 0 Å². The van der Waals surface area contributed by atoms with Crippen molar-refractivity contribution >= 4 is 5.97 Å². The van der Waals surface area contributed by atoms with Gasteiger partial charge in [0.15, 0.2) is 6.10 Å². The van der Waals surface area contributed by atoms with Crippen LogP contribution in [0.5, 0.6) is 0 Å². The number of rotatable bonds is 2. The number of halogens is 1. The minimum atomic E-state index is -1.15. The van der Waals surface area contributed by atoms with Gasteiger partial charge in [0.1, 0.15) is 11.9 Å². The summed E-state index contributed by atoms with van der Waals surface area (Å²) in [6.45, 7) is 0.477. The molecule has 0 bridgehead atoms. The zero-order valence-corrected chi connectivity index (χ0v) is 8.43. The van der Waals surface area contributed by atoms with Gasteiger partial charge in [0.05, 0.1) is 13.2 Å². The third-order valence-electron chi connectivity index (χ3n) is 2.41. The van der Waals surface area contributed by atoms with Gasteiger partial charge >= 0.3 is 5.97 Å². The molecule has 1 saturated heterocycles. The first-order chi connectivity index (χ1) is 7.70. The maximum Gasteiger partial charge on any atom is 0.335 e. The number of benzene rings is 1. The number of aliphatic carboxylic acids is 1. The fourth-order valence-electron chi connectivity index (χ4n) is 1.68. The molecule has 16 heavy (non-hydrogen) atoms. The first-order valence-electron chi connectivity index (χ1n) is 4.90. The van der Waals surface area contributed by atoms with Crippen LogP contribution >= 0.6 is 0 Å². The summed E-state index contributed by atoms with van der Waals surface area (Å²) < 4.78 is 23.8. The summed E-state index contributed by atoms with van der Waals surface area (Å²) >= 11 is 0. The quantitative estimate of drug-likeness (QED) is 0.827. The van der Waals surface area contributed by atoms with Gasteiger partial charge in [-0.2, -0.15) is 0 Å². The average molecular weight is 226 g/mol. The molecule has 1 N–H and O–H groups in total. The van der Waals surface area contributed by atoms with E-state index >= 15 is 0 Å².